The molecule has 1 saturated heterocycles. The maximum Gasteiger partial charge on any atom is 0.267 e. The highest BCUT2D eigenvalue weighted by atomic mass is 32.2. The molecule has 0 bridgehead atoms. The van der Waals surface area contributed by atoms with Gasteiger partial charge in [0.2, 0.25) is 0 Å². The van der Waals surface area contributed by atoms with Crippen LogP contribution in [0.15, 0.2) is 71.6 Å². The van der Waals surface area contributed by atoms with E-state index in [1.165, 1.54) is 36.4 Å². The molecule has 0 unspecified atom stereocenters. The van der Waals surface area contributed by atoms with Crippen molar-refractivity contribution in [2.45, 2.75) is 30.8 Å². The van der Waals surface area contributed by atoms with Crippen LogP contribution >= 0.6 is 0 Å². The molecule has 36 heavy (non-hydrogen) atoms. The minimum absolute atomic E-state index is 0.106. The summed E-state index contributed by atoms with van der Waals surface area (Å²) in [5, 5.41) is 2.88. The van der Waals surface area contributed by atoms with Gasteiger partial charge in [-0.15, -0.1) is 0 Å². The van der Waals surface area contributed by atoms with Crippen molar-refractivity contribution in [3.63, 3.8) is 0 Å². The summed E-state index contributed by atoms with van der Waals surface area (Å²) in [6.07, 6.45) is 1.36. The first-order valence-electron chi connectivity index (χ1n) is 11.9. The third kappa shape index (κ3) is 4.70. The second-order valence-electron chi connectivity index (χ2n) is 9.02. The van der Waals surface area contributed by atoms with E-state index in [1.807, 2.05) is 37.3 Å². The summed E-state index contributed by atoms with van der Waals surface area (Å²) in [4.78, 5) is 15.6. The Kier molecular flexibility index (Phi) is 6.49. The van der Waals surface area contributed by atoms with Crippen LogP contribution in [0.4, 0.5) is 17.1 Å². The lowest BCUT2D eigenvalue weighted by molar-refractivity contribution is -0.122. The summed E-state index contributed by atoms with van der Waals surface area (Å²) in [5.74, 6) is 0.485. The zero-order valence-corrected chi connectivity index (χ0v) is 21.1. The lowest BCUT2D eigenvalue weighted by atomic mass is 10.1. The minimum Gasteiger partial charge on any atom is -0.497 e. The van der Waals surface area contributed by atoms with Gasteiger partial charge in [0.25, 0.3) is 15.9 Å². The number of fused-ring (bicyclic) bond motifs is 1. The van der Waals surface area contributed by atoms with Gasteiger partial charge in [-0.1, -0.05) is 6.07 Å². The van der Waals surface area contributed by atoms with Crippen LogP contribution in [0.1, 0.15) is 18.4 Å². The van der Waals surface area contributed by atoms with Gasteiger partial charge >= 0.3 is 0 Å². The number of nitrogens with one attached hydrogen (secondary N) is 1. The predicted molar refractivity (Wildman–Crippen MR) is 140 cm³/mol. The molecule has 9 heteroatoms. The maximum atomic E-state index is 13.6. The van der Waals surface area contributed by atoms with Crippen LogP contribution < -0.4 is 24.0 Å². The van der Waals surface area contributed by atoms with Crippen LogP contribution in [-0.4, -0.2) is 47.2 Å². The largest absolute Gasteiger partial charge is 0.497 e. The SMILES string of the molecule is COc1ccc(S(=O)(=O)N2C[C@@H](C(=O)Nc3ccc(N4CCCC4)cc3)Oc3ccc(C)cc32)cc1. The van der Waals surface area contributed by atoms with Crippen molar-refractivity contribution < 1.29 is 22.7 Å². The average molecular weight is 508 g/mol. The van der Waals surface area contributed by atoms with E-state index in [2.05, 4.69) is 10.2 Å². The van der Waals surface area contributed by atoms with Crippen LogP contribution in [0.25, 0.3) is 0 Å². The first-order valence-corrected chi connectivity index (χ1v) is 13.4. The van der Waals surface area contributed by atoms with Crippen molar-refractivity contribution >= 4 is 33.0 Å². The minimum atomic E-state index is -3.96. The molecule has 2 aliphatic rings. The molecule has 2 heterocycles. The Morgan fingerprint density at radius 2 is 1.69 bits per heavy atom. The Morgan fingerprint density at radius 1 is 1.00 bits per heavy atom. The summed E-state index contributed by atoms with van der Waals surface area (Å²) in [7, 11) is -2.44. The second kappa shape index (κ2) is 9.73. The topological polar surface area (TPSA) is 88.2 Å². The highest BCUT2D eigenvalue weighted by Gasteiger charge is 2.37. The van der Waals surface area contributed by atoms with Crippen molar-refractivity contribution in [3.8, 4) is 11.5 Å². The van der Waals surface area contributed by atoms with E-state index in [9.17, 15) is 13.2 Å². The molecule has 8 nitrogen and oxygen atoms in total. The molecule has 1 fully saturated rings. The predicted octanol–water partition coefficient (Wildman–Crippen LogP) is 4.20. The van der Waals surface area contributed by atoms with Crippen molar-refractivity contribution in [1.29, 1.82) is 0 Å². The third-order valence-corrected chi connectivity index (χ3v) is 8.32. The number of sulfonamides is 1. The number of amides is 1. The number of aryl methyl sites for hydroxylation is 1. The first-order chi connectivity index (χ1) is 17.3. The quantitative estimate of drug-likeness (QED) is 0.538. The van der Waals surface area contributed by atoms with E-state index in [0.29, 0.717) is 22.9 Å². The van der Waals surface area contributed by atoms with E-state index in [4.69, 9.17) is 9.47 Å². The van der Waals surface area contributed by atoms with Crippen LogP contribution in [0.3, 0.4) is 0 Å². The monoisotopic (exact) mass is 507 g/mol. The number of anilines is 3. The third-order valence-electron chi connectivity index (χ3n) is 6.53. The molecule has 5 rings (SSSR count). The van der Waals surface area contributed by atoms with Crippen molar-refractivity contribution in [3.05, 3.63) is 72.3 Å². The number of carbonyl (C=O) groups is 1. The molecule has 1 N–H and O–H groups in total. The molecular weight excluding hydrogens is 478 g/mol. The normalized spacial score (nSPS) is 17.3. The molecule has 0 spiro atoms. The number of hydrogen-bond acceptors (Lipinski definition) is 6. The molecule has 0 radical (unpaired) electrons. The van der Waals surface area contributed by atoms with Gasteiger partial charge in [0, 0.05) is 24.5 Å². The van der Waals surface area contributed by atoms with Crippen molar-refractivity contribution in [1.82, 2.24) is 0 Å². The lowest BCUT2D eigenvalue weighted by Crippen LogP contribution is -2.48. The Labute approximate surface area is 211 Å². The summed E-state index contributed by atoms with van der Waals surface area (Å²) in [5.41, 5.74) is 3.05. The van der Waals surface area contributed by atoms with Gasteiger partial charge in [0.1, 0.15) is 11.5 Å². The second-order valence-corrected chi connectivity index (χ2v) is 10.9. The van der Waals surface area contributed by atoms with Crippen LogP contribution in [0.5, 0.6) is 11.5 Å². The average Bonchev–Trinajstić information content (AvgIpc) is 3.43. The number of benzene rings is 3. The van der Waals surface area contributed by atoms with E-state index in [0.717, 1.165) is 24.3 Å². The summed E-state index contributed by atoms with van der Waals surface area (Å²) in [6.45, 7) is 3.81. The van der Waals surface area contributed by atoms with E-state index in [1.54, 1.807) is 24.3 Å². The Hall–Kier alpha value is -3.72. The fraction of sp³-hybridized carbons (Fsp3) is 0.296. The summed E-state index contributed by atoms with van der Waals surface area (Å²) < 4.78 is 39.7. The van der Waals surface area contributed by atoms with Gasteiger partial charge in [-0.25, -0.2) is 8.42 Å². The van der Waals surface area contributed by atoms with Gasteiger partial charge < -0.3 is 19.7 Å². The molecule has 3 aromatic rings. The highest BCUT2D eigenvalue weighted by molar-refractivity contribution is 7.92. The molecule has 3 aromatic carbocycles. The van der Waals surface area contributed by atoms with Crippen LogP contribution in [0.2, 0.25) is 0 Å². The molecule has 2 aliphatic heterocycles. The summed E-state index contributed by atoms with van der Waals surface area (Å²) in [6, 6.07) is 19.2. The molecule has 1 atom stereocenters. The number of hydrogen-bond donors (Lipinski definition) is 1. The Bertz CT molecular complexity index is 1350. The van der Waals surface area contributed by atoms with Crippen molar-refractivity contribution in [2.24, 2.45) is 0 Å². The fourth-order valence-electron chi connectivity index (χ4n) is 4.55. The van der Waals surface area contributed by atoms with Crippen LogP contribution in [-0.2, 0) is 14.8 Å². The summed E-state index contributed by atoms with van der Waals surface area (Å²) >= 11 is 0. The Morgan fingerprint density at radius 3 is 2.36 bits per heavy atom. The molecule has 188 valence electrons. The zero-order valence-electron chi connectivity index (χ0n) is 20.3. The van der Waals surface area contributed by atoms with Gasteiger partial charge in [-0.2, -0.15) is 0 Å². The van der Waals surface area contributed by atoms with Gasteiger partial charge in [-0.05, 0) is 86.0 Å². The number of methoxy groups -OCH3 is 1. The molecule has 0 aromatic heterocycles. The molecule has 0 aliphatic carbocycles. The molecule has 0 saturated carbocycles. The fourth-order valence-corrected chi connectivity index (χ4v) is 6.02. The molecular formula is C27H29N3O5S. The van der Waals surface area contributed by atoms with Gasteiger partial charge in [-0.3, -0.25) is 9.10 Å². The number of ether oxygens (including phenoxy) is 2. The number of rotatable bonds is 6. The number of carbonyl (C=O) groups excluding carboxylic acids is 1. The van der Waals surface area contributed by atoms with Crippen LogP contribution in [0, 0.1) is 6.92 Å². The van der Waals surface area contributed by atoms with Gasteiger partial charge in [0.15, 0.2) is 6.10 Å². The first kappa shape index (κ1) is 24.0. The Balaban J connectivity index is 1.39. The number of nitrogens with zero attached hydrogens (tertiary/aromatic N) is 2. The highest BCUT2D eigenvalue weighted by Crippen LogP contribution is 2.38. The van der Waals surface area contributed by atoms with E-state index in [-0.39, 0.29) is 11.4 Å². The standard InChI is InChI=1S/C27H29N3O5S/c1-19-5-14-25-24(17-19)30(36(32,33)23-12-10-22(34-2)11-13-23)18-26(35-25)27(31)28-20-6-8-21(9-7-20)29-15-3-4-16-29/h5-14,17,26H,3-4,15-16,18H2,1-2H3,(H,28,31)/t26-/m0/s1. The van der Waals surface area contributed by atoms with E-state index >= 15 is 0 Å². The van der Waals surface area contributed by atoms with Gasteiger partial charge in [0.05, 0.1) is 24.2 Å². The zero-order chi connectivity index (χ0) is 25.3. The maximum absolute atomic E-state index is 13.6. The molecule has 1 amide bonds. The smallest absolute Gasteiger partial charge is 0.267 e. The van der Waals surface area contributed by atoms with E-state index < -0.39 is 22.0 Å². The van der Waals surface area contributed by atoms with Crippen molar-refractivity contribution in [2.75, 3.05) is 41.3 Å². The lowest BCUT2D eigenvalue weighted by Gasteiger charge is -2.35.